The van der Waals surface area contributed by atoms with Crippen LogP contribution in [0.5, 0.6) is 11.5 Å². The Morgan fingerprint density at radius 3 is 2.50 bits per heavy atom. The van der Waals surface area contributed by atoms with Crippen molar-refractivity contribution in [1.82, 2.24) is 19.7 Å². The molecule has 0 spiro atoms. The molecule has 2 saturated heterocycles. The molecule has 3 heterocycles. The molecule has 10 nitrogen and oxygen atoms in total. The number of likely N-dealkylation sites (tertiary alicyclic amines) is 2. The van der Waals surface area contributed by atoms with Crippen LogP contribution in [0.4, 0.5) is 16.3 Å². The third-order valence-corrected chi connectivity index (χ3v) is 6.18. The molecule has 2 amide bonds. The molecule has 0 bridgehead atoms. The zero-order chi connectivity index (χ0) is 22.7. The van der Waals surface area contributed by atoms with E-state index >= 15 is 0 Å². The number of ether oxygens (including phenoxy) is 1. The van der Waals surface area contributed by atoms with Crippen LogP contribution in [0.1, 0.15) is 12.8 Å². The van der Waals surface area contributed by atoms with E-state index < -0.39 is 4.92 Å². The van der Waals surface area contributed by atoms with E-state index in [0.717, 1.165) is 39.0 Å². The minimum Gasteiger partial charge on any atom is -0.457 e. The van der Waals surface area contributed by atoms with E-state index in [9.17, 15) is 14.9 Å². The number of nitrogens with one attached hydrogen (secondary N) is 1. The number of nitro groups is 1. The lowest BCUT2D eigenvalue weighted by atomic mass is 9.99. The van der Waals surface area contributed by atoms with Gasteiger partial charge < -0.3 is 14.5 Å². The Kier molecular flexibility index (Phi) is 6.52. The van der Waals surface area contributed by atoms with E-state index in [1.165, 1.54) is 24.3 Å². The summed E-state index contributed by atoms with van der Waals surface area (Å²) < 4.78 is 5.73. The Balaban J connectivity index is 1.30. The summed E-state index contributed by atoms with van der Waals surface area (Å²) in [5.41, 5.74) is -0.00563. The van der Waals surface area contributed by atoms with Crippen LogP contribution in [0.3, 0.4) is 0 Å². The van der Waals surface area contributed by atoms with Gasteiger partial charge in [-0.2, -0.15) is 0 Å². The molecule has 0 unspecified atom stereocenters. The van der Waals surface area contributed by atoms with Crippen molar-refractivity contribution >= 4 is 17.5 Å². The fourth-order valence-electron chi connectivity index (χ4n) is 4.21. The lowest BCUT2D eigenvalue weighted by Gasteiger charge is -2.47. The molecular weight excluding hydrogens is 412 g/mol. The molecule has 1 aromatic carbocycles. The van der Waals surface area contributed by atoms with Gasteiger partial charge in [0.2, 0.25) is 0 Å². The summed E-state index contributed by atoms with van der Waals surface area (Å²) in [5, 5.41) is 13.6. The number of benzene rings is 1. The molecule has 170 valence electrons. The van der Waals surface area contributed by atoms with Crippen molar-refractivity contribution in [1.29, 1.82) is 0 Å². The van der Waals surface area contributed by atoms with Gasteiger partial charge in [0.05, 0.1) is 4.92 Å². The first kappa shape index (κ1) is 22.0. The number of rotatable bonds is 6. The average Bonchev–Trinajstić information content (AvgIpc) is 2.77. The molecule has 2 fully saturated rings. The second kappa shape index (κ2) is 9.49. The fraction of sp³-hybridized carbons (Fsp3) is 0.455. The highest BCUT2D eigenvalue weighted by molar-refractivity contribution is 5.88. The van der Waals surface area contributed by atoms with E-state index in [-0.39, 0.29) is 17.8 Å². The molecule has 1 aromatic heterocycles. The summed E-state index contributed by atoms with van der Waals surface area (Å²) in [7, 11) is 3.96. The Hall–Kier alpha value is -3.24. The van der Waals surface area contributed by atoms with Crippen molar-refractivity contribution in [2.24, 2.45) is 0 Å². The van der Waals surface area contributed by atoms with Gasteiger partial charge in [-0.05, 0) is 38.1 Å². The quantitative estimate of drug-likeness (QED) is 0.544. The maximum Gasteiger partial charge on any atom is 0.323 e. The molecule has 2 aromatic rings. The van der Waals surface area contributed by atoms with Crippen LogP contribution in [0.25, 0.3) is 0 Å². The van der Waals surface area contributed by atoms with Crippen molar-refractivity contribution in [2.45, 2.75) is 24.9 Å². The van der Waals surface area contributed by atoms with E-state index in [2.05, 4.69) is 27.1 Å². The summed E-state index contributed by atoms with van der Waals surface area (Å²) in [4.78, 5) is 33.9. The fourth-order valence-corrected chi connectivity index (χ4v) is 4.21. The van der Waals surface area contributed by atoms with E-state index in [4.69, 9.17) is 4.74 Å². The summed E-state index contributed by atoms with van der Waals surface area (Å²) in [5.74, 6) is 1.32. The second-order valence-electron chi connectivity index (χ2n) is 8.41. The standard InChI is InChI=1S/C22H28N6O4/c1-25-14-18(15-25)27-11-8-16(9-12-27)26(2)22(29)24-21-13-20(7-10-23-21)32-19-5-3-17(4-6-19)28(30)31/h3-7,10,13,16,18H,8-9,11-12,14-15H2,1-2H3,(H,23,24,29). The minimum atomic E-state index is -0.462. The Labute approximate surface area is 186 Å². The normalized spacial score (nSPS) is 18.1. The number of carbonyl (C=O) groups excluding carboxylic acids is 1. The molecule has 0 atom stereocenters. The lowest BCUT2D eigenvalue weighted by molar-refractivity contribution is -0.384. The molecule has 2 aliphatic rings. The number of amides is 2. The Bertz CT molecular complexity index is 955. The van der Waals surface area contributed by atoms with Crippen LogP contribution in [0.15, 0.2) is 42.6 Å². The van der Waals surface area contributed by atoms with Crippen LogP contribution in [0, 0.1) is 10.1 Å². The number of hydrogen-bond acceptors (Lipinski definition) is 7. The van der Waals surface area contributed by atoms with Gasteiger partial charge >= 0.3 is 6.03 Å². The number of likely N-dealkylation sites (N-methyl/N-ethyl adjacent to an activating group) is 1. The number of pyridine rings is 1. The first-order valence-electron chi connectivity index (χ1n) is 10.7. The van der Waals surface area contributed by atoms with Crippen LogP contribution < -0.4 is 10.1 Å². The van der Waals surface area contributed by atoms with Gasteiger partial charge in [0.15, 0.2) is 0 Å². The lowest BCUT2D eigenvalue weighted by Crippen LogP contribution is -2.60. The maximum atomic E-state index is 12.8. The third-order valence-electron chi connectivity index (χ3n) is 6.18. The van der Waals surface area contributed by atoms with Crippen molar-refractivity contribution in [2.75, 3.05) is 45.6 Å². The van der Waals surface area contributed by atoms with Gasteiger partial charge in [-0.1, -0.05) is 0 Å². The molecule has 4 rings (SSSR count). The summed E-state index contributed by atoms with van der Waals surface area (Å²) in [6, 6.07) is 9.75. The van der Waals surface area contributed by atoms with E-state index in [1.807, 2.05) is 7.05 Å². The number of non-ortho nitro benzene ring substituents is 1. The molecular formula is C22H28N6O4. The number of hydrogen-bond donors (Lipinski definition) is 1. The largest absolute Gasteiger partial charge is 0.457 e. The maximum absolute atomic E-state index is 12.8. The number of carbonyl (C=O) groups is 1. The summed E-state index contributed by atoms with van der Waals surface area (Å²) in [6.07, 6.45) is 3.46. The monoisotopic (exact) mass is 440 g/mol. The van der Waals surface area contributed by atoms with Gasteiger partial charge in [0.25, 0.3) is 5.69 Å². The van der Waals surface area contributed by atoms with Crippen LogP contribution in [-0.4, -0.2) is 83.0 Å². The molecule has 32 heavy (non-hydrogen) atoms. The molecule has 0 radical (unpaired) electrons. The Morgan fingerprint density at radius 2 is 1.88 bits per heavy atom. The second-order valence-corrected chi connectivity index (χ2v) is 8.41. The number of urea groups is 1. The molecule has 0 saturated carbocycles. The summed E-state index contributed by atoms with van der Waals surface area (Å²) >= 11 is 0. The predicted molar refractivity (Wildman–Crippen MR) is 120 cm³/mol. The van der Waals surface area contributed by atoms with Gasteiger partial charge in [0, 0.05) is 69.7 Å². The van der Waals surface area contributed by atoms with E-state index in [0.29, 0.717) is 23.4 Å². The highest BCUT2D eigenvalue weighted by atomic mass is 16.6. The first-order valence-corrected chi connectivity index (χ1v) is 10.7. The van der Waals surface area contributed by atoms with Crippen molar-refractivity contribution in [3.63, 3.8) is 0 Å². The third kappa shape index (κ3) is 5.14. The van der Waals surface area contributed by atoms with Crippen LogP contribution >= 0.6 is 0 Å². The molecule has 1 N–H and O–H groups in total. The number of nitro benzene ring substituents is 1. The smallest absolute Gasteiger partial charge is 0.323 e. The van der Waals surface area contributed by atoms with Gasteiger partial charge in [-0.3, -0.25) is 20.3 Å². The minimum absolute atomic E-state index is 0.00563. The number of piperidine rings is 1. The Morgan fingerprint density at radius 1 is 1.19 bits per heavy atom. The average molecular weight is 441 g/mol. The zero-order valence-corrected chi connectivity index (χ0v) is 18.3. The highest BCUT2D eigenvalue weighted by Crippen LogP contribution is 2.26. The molecule has 2 aliphatic heterocycles. The topological polar surface area (TPSA) is 104 Å². The zero-order valence-electron chi connectivity index (χ0n) is 18.3. The molecule has 10 heteroatoms. The first-order chi connectivity index (χ1) is 15.4. The van der Waals surface area contributed by atoms with Gasteiger partial charge in [-0.15, -0.1) is 0 Å². The van der Waals surface area contributed by atoms with Crippen molar-refractivity contribution in [3.05, 3.63) is 52.7 Å². The number of nitrogens with zero attached hydrogens (tertiary/aromatic N) is 5. The van der Waals surface area contributed by atoms with Crippen molar-refractivity contribution < 1.29 is 14.5 Å². The van der Waals surface area contributed by atoms with Gasteiger partial charge in [0.1, 0.15) is 17.3 Å². The van der Waals surface area contributed by atoms with Crippen LogP contribution in [-0.2, 0) is 0 Å². The van der Waals surface area contributed by atoms with Gasteiger partial charge in [-0.25, -0.2) is 9.78 Å². The molecule has 0 aliphatic carbocycles. The SMILES string of the molecule is CN1CC(N2CCC(N(C)C(=O)Nc3cc(Oc4ccc([N+](=O)[O-])cc4)ccn3)CC2)C1. The summed E-state index contributed by atoms with van der Waals surface area (Å²) in [6.45, 7) is 4.28. The van der Waals surface area contributed by atoms with Crippen LogP contribution in [0.2, 0.25) is 0 Å². The number of aromatic nitrogens is 1. The highest BCUT2D eigenvalue weighted by Gasteiger charge is 2.33. The van der Waals surface area contributed by atoms with E-state index in [1.54, 1.807) is 23.2 Å². The number of anilines is 1. The van der Waals surface area contributed by atoms with Crippen molar-refractivity contribution in [3.8, 4) is 11.5 Å². The predicted octanol–water partition coefficient (Wildman–Crippen LogP) is 3.02.